The van der Waals surface area contributed by atoms with E-state index in [4.69, 9.17) is 9.97 Å². The van der Waals surface area contributed by atoms with Crippen molar-refractivity contribution in [3.05, 3.63) is 82.5 Å². The van der Waals surface area contributed by atoms with E-state index >= 15 is 0 Å². The third kappa shape index (κ3) is 11.8. The van der Waals surface area contributed by atoms with Crippen LogP contribution in [0.25, 0.3) is 56.5 Å². The fourth-order valence-electron chi connectivity index (χ4n) is 8.54. The number of aromatic nitrogens is 4. The molecule has 8 heteroatoms. The van der Waals surface area contributed by atoms with E-state index in [9.17, 15) is 9.59 Å². The molecule has 0 radical (unpaired) electrons. The number of H-pyrrole nitrogens is 2. The lowest BCUT2D eigenvalue weighted by Crippen LogP contribution is -2.24. The van der Waals surface area contributed by atoms with Crippen LogP contribution in [-0.4, -0.2) is 45.3 Å². The van der Waals surface area contributed by atoms with Gasteiger partial charge in [-0.05, 0) is 105 Å². The van der Waals surface area contributed by atoms with Gasteiger partial charge in [-0.2, -0.15) is 0 Å². The van der Waals surface area contributed by atoms with Crippen LogP contribution in [0.1, 0.15) is 181 Å². The Bertz CT molecular complexity index is 2210. The summed E-state index contributed by atoms with van der Waals surface area (Å²) in [7, 11) is 1.67. The van der Waals surface area contributed by atoms with Crippen LogP contribution in [0.2, 0.25) is 0 Å². The normalized spacial score (nSPS) is 12.6. The zero-order valence-electron chi connectivity index (χ0n) is 37.0. The Hall–Kier alpha value is -4.98. The number of rotatable bonds is 23. The van der Waals surface area contributed by atoms with Crippen molar-refractivity contribution in [1.29, 1.82) is 0 Å². The van der Waals surface area contributed by atoms with Gasteiger partial charge in [-0.1, -0.05) is 116 Å². The Labute approximate surface area is 353 Å². The third-order valence-electron chi connectivity index (χ3n) is 12.4. The van der Waals surface area contributed by atoms with Gasteiger partial charge in [0.25, 0.3) is 0 Å². The first kappa shape index (κ1) is 45.1. The van der Waals surface area contributed by atoms with Crippen molar-refractivity contribution < 1.29 is 9.59 Å². The number of nitrogens with one attached hydrogen (secondary N) is 4. The van der Waals surface area contributed by atoms with E-state index in [1.807, 2.05) is 12.2 Å². The lowest BCUT2D eigenvalue weighted by Gasteiger charge is -2.08. The van der Waals surface area contributed by atoms with Gasteiger partial charge < -0.3 is 20.6 Å². The van der Waals surface area contributed by atoms with Gasteiger partial charge in [0, 0.05) is 59.6 Å². The maximum Gasteiger partial charge on any atom is 0.220 e. The predicted molar refractivity (Wildman–Crippen MR) is 251 cm³/mol. The van der Waals surface area contributed by atoms with Crippen LogP contribution in [0.5, 0.6) is 0 Å². The van der Waals surface area contributed by atoms with Gasteiger partial charge in [0.2, 0.25) is 11.8 Å². The van der Waals surface area contributed by atoms with Crippen molar-refractivity contribution in [2.75, 3.05) is 13.6 Å². The molecule has 0 unspecified atom stereocenters. The van der Waals surface area contributed by atoms with E-state index in [1.165, 1.54) is 77.0 Å². The summed E-state index contributed by atoms with van der Waals surface area (Å²) in [5.41, 5.74) is 15.4. The van der Waals surface area contributed by atoms with E-state index < -0.39 is 0 Å². The van der Waals surface area contributed by atoms with Gasteiger partial charge in [-0.15, -0.1) is 0 Å². The molecule has 0 aliphatic carbocycles. The molecule has 59 heavy (non-hydrogen) atoms. The maximum absolute atomic E-state index is 13.2. The summed E-state index contributed by atoms with van der Waals surface area (Å²) < 4.78 is 0. The minimum absolute atomic E-state index is 0.0195. The molecule has 0 fully saturated rings. The summed E-state index contributed by atoms with van der Waals surface area (Å²) in [6.45, 7) is 19.6. The number of carbonyl (C=O) groups excluding carboxylic acids is 2. The fourth-order valence-corrected chi connectivity index (χ4v) is 8.54. The number of nitrogens with zero attached hydrogens (tertiary/aromatic N) is 2. The average Bonchev–Trinajstić information content (AvgIpc) is 3.89. The SMILES string of the molecule is C=Cc1c(C)c2cc3[nH]c(cc4nc(cc5nc(cc1[nH]2)C(C)=C5CCC(=O)NC)C(CCC(=O)NCCCCCCCCCCCCCCCC)=C4C)c(C)c3C=C. The van der Waals surface area contributed by atoms with Crippen LogP contribution in [0.4, 0.5) is 0 Å². The molecule has 0 saturated carbocycles. The number of carbonyl (C=O) groups is 2. The second-order valence-electron chi connectivity index (χ2n) is 16.6. The van der Waals surface area contributed by atoms with Crippen molar-refractivity contribution in [3.63, 3.8) is 0 Å². The summed E-state index contributed by atoms with van der Waals surface area (Å²) in [5, 5.41) is 5.95. The largest absolute Gasteiger partial charge is 0.359 e. The Kier molecular flexibility index (Phi) is 17.1. The fraction of sp³-hybridized carbons (Fsp3) is 0.490. The van der Waals surface area contributed by atoms with E-state index in [-0.39, 0.29) is 11.8 Å². The molecule has 5 heterocycles. The smallest absolute Gasteiger partial charge is 0.220 e. The molecular formula is C51H70N6O2. The van der Waals surface area contributed by atoms with Crippen LogP contribution in [0, 0.1) is 13.8 Å². The zero-order valence-corrected chi connectivity index (χ0v) is 37.0. The highest BCUT2D eigenvalue weighted by Crippen LogP contribution is 2.38. The lowest BCUT2D eigenvalue weighted by molar-refractivity contribution is -0.121. The number of amides is 2. The van der Waals surface area contributed by atoms with Gasteiger partial charge in [0.15, 0.2) is 0 Å². The number of hydrogen-bond donors (Lipinski definition) is 4. The Morgan fingerprint density at radius 3 is 1.47 bits per heavy atom. The number of hydrogen-bond acceptors (Lipinski definition) is 4. The van der Waals surface area contributed by atoms with Crippen LogP contribution in [0.15, 0.2) is 37.4 Å². The van der Waals surface area contributed by atoms with E-state index in [2.05, 4.69) is 92.6 Å². The van der Waals surface area contributed by atoms with Gasteiger partial charge in [-0.3, -0.25) is 9.59 Å². The first-order valence-corrected chi connectivity index (χ1v) is 22.5. The van der Waals surface area contributed by atoms with Crippen LogP contribution < -0.4 is 10.6 Å². The molecule has 0 spiro atoms. The van der Waals surface area contributed by atoms with Gasteiger partial charge >= 0.3 is 0 Å². The number of fused-ring (bicyclic) bond motifs is 8. The molecule has 2 aliphatic rings. The number of allylic oxidation sites excluding steroid dienone is 4. The van der Waals surface area contributed by atoms with Crippen molar-refractivity contribution in [2.45, 2.75) is 150 Å². The monoisotopic (exact) mass is 799 g/mol. The summed E-state index contributed by atoms with van der Waals surface area (Å²) in [6, 6.07) is 8.37. The molecule has 8 nitrogen and oxygen atoms in total. The third-order valence-corrected chi connectivity index (χ3v) is 12.4. The highest BCUT2D eigenvalue weighted by atomic mass is 16.2. The van der Waals surface area contributed by atoms with E-state index in [0.717, 1.165) is 102 Å². The highest BCUT2D eigenvalue weighted by Gasteiger charge is 2.23. The average molecular weight is 799 g/mol. The maximum atomic E-state index is 13.2. The van der Waals surface area contributed by atoms with Crippen molar-refractivity contribution in [1.82, 2.24) is 30.6 Å². The topological polar surface area (TPSA) is 116 Å². The first-order chi connectivity index (χ1) is 28.6. The van der Waals surface area contributed by atoms with Crippen LogP contribution in [0.3, 0.4) is 0 Å². The minimum atomic E-state index is -0.0195. The van der Waals surface area contributed by atoms with Crippen molar-refractivity contribution in [2.24, 2.45) is 0 Å². The summed E-state index contributed by atoms with van der Waals surface area (Å²) in [6.07, 6.45) is 24.0. The summed E-state index contributed by atoms with van der Waals surface area (Å²) >= 11 is 0. The van der Waals surface area contributed by atoms with Gasteiger partial charge in [0.1, 0.15) is 0 Å². The first-order valence-electron chi connectivity index (χ1n) is 22.5. The molecule has 0 atom stereocenters. The van der Waals surface area contributed by atoms with Gasteiger partial charge in [-0.25, -0.2) is 9.97 Å². The Morgan fingerprint density at radius 2 is 1.00 bits per heavy atom. The second-order valence-corrected chi connectivity index (χ2v) is 16.6. The molecule has 5 rings (SSSR count). The molecular weight excluding hydrogens is 729 g/mol. The lowest BCUT2D eigenvalue weighted by atomic mass is 9.98. The molecule has 4 N–H and O–H groups in total. The van der Waals surface area contributed by atoms with Crippen molar-refractivity contribution in [3.8, 4) is 0 Å². The Morgan fingerprint density at radius 1 is 0.576 bits per heavy atom. The molecule has 2 aliphatic heterocycles. The standard InChI is InChI=1S/C51H70N6O2/c1-9-12-13-14-15-16-17-18-19-20-21-22-23-24-29-53-51(59)28-26-41-36(6)43-30-42-34(4)38(10-2)46(54-42)31-44-35(5)39(11-3)47(55-44)32-45-37(7)40(25-27-50(58)52-8)48(57-45)33-49(41)56-43/h10-11,30-33,54-55H,2-3,9,12-29H2,1,4-8H3,(H,52,58)(H,53,59). The van der Waals surface area contributed by atoms with Crippen LogP contribution in [-0.2, 0) is 9.59 Å². The molecule has 8 bridgehead atoms. The minimum Gasteiger partial charge on any atom is -0.359 e. The van der Waals surface area contributed by atoms with Crippen molar-refractivity contribution >= 4 is 68.3 Å². The summed E-state index contributed by atoms with van der Waals surface area (Å²) in [4.78, 5) is 43.4. The van der Waals surface area contributed by atoms with E-state index in [0.29, 0.717) is 32.2 Å². The second kappa shape index (κ2) is 22.4. The summed E-state index contributed by atoms with van der Waals surface area (Å²) in [5.74, 6) is 0.0454. The molecule has 0 saturated heterocycles. The molecule has 2 amide bonds. The molecule has 3 aromatic heterocycles. The molecule has 3 aromatic rings. The molecule has 0 aromatic carbocycles. The number of aryl methyl sites for hydroxylation is 2. The van der Waals surface area contributed by atoms with E-state index in [1.54, 1.807) is 7.05 Å². The quantitative estimate of drug-likeness (QED) is 0.0715. The van der Waals surface area contributed by atoms with Gasteiger partial charge in [0.05, 0.1) is 22.8 Å². The Balaban J connectivity index is 1.35. The van der Waals surface area contributed by atoms with Crippen LogP contribution >= 0.6 is 0 Å². The zero-order chi connectivity index (χ0) is 42.3. The molecule has 316 valence electrons. The predicted octanol–water partition coefficient (Wildman–Crippen LogP) is 13.0. The number of unbranched alkanes of at least 4 members (excludes halogenated alkanes) is 13. The highest BCUT2D eigenvalue weighted by molar-refractivity contribution is 5.97. The number of aromatic amines is 2.